The molecule has 136 valence electrons. The third kappa shape index (κ3) is 5.21. The molecule has 1 unspecified atom stereocenters. The molecule has 0 saturated carbocycles. The normalized spacial score (nSPS) is 17.0. The van der Waals surface area contributed by atoms with Crippen molar-refractivity contribution in [1.82, 2.24) is 9.80 Å². The topological polar surface area (TPSA) is 122 Å². The van der Waals surface area contributed by atoms with Crippen LogP contribution in [0.4, 0.5) is 11.4 Å². The number of nitrogens with zero attached hydrogens (tertiary/aromatic N) is 3. The van der Waals surface area contributed by atoms with E-state index in [0.717, 1.165) is 0 Å². The molecule has 9 nitrogen and oxygen atoms in total. The lowest BCUT2D eigenvalue weighted by Gasteiger charge is -2.36. The van der Waals surface area contributed by atoms with E-state index in [0.29, 0.717) is 36.3 Å². The second-order valence-corrected chi connectivity index (χ2v) is 6.71. The summed E-state index contributed by atoms with van der Waals surface area (Å²) < 4.78 is 0.454. The van der Waals surface area contributed by atoms with Gasteiger partial charge in [-0.2, -0.15) is 0 Å². The van der Waals surface area contributed by atoms with E-state index in [1.165, 1.54) is 18.2 Å². The van der Waals surface area contributed by atoms with Crippen LogP contribution in [0.25, 0.3) is 0 Å². The van der Waals surface area contributed by atoms with Gasteiger partial charge < -0.3 is 11.1 Å². The fraction of sp³-hybridized carbons (Fsp3) is 0.467. The molecule has 0 aromatic heterocycles. The van der Waals surface area contributed by atoms with E-state index in [1.807, 2.05) is 9.80 Å². The molecule has 1 aliphatic heterocycles. The number of hydrogen-bond acceptors (Lipinski definition) is 6. The van der Waals surface area contributed by atoms with E-state index in [1.54, 1.807) is 6.92 Å². The first kappa shape index (κ1) is 19.3. The van der Waals surface area contributed by atoms with E-state index >= 15 is 0 Å². The third-order valence-electron chi connectivity index (χ3n) is 4.17. The van der Waals surface area contributed by atoms with Gasteiger partial charge in [0, 0.05) is 42.8 Å². The molecule has 25 heavy (non-hydrogen) atoms. The van der Waals surface area contributed by atoms with Gasteiger partial charge in [-0.1, -0.05) is 0 Å². The molecule has 1 saturated heterocycles. The maximum Gasteiger partial charge on any atom is 0.270 e. The molecule has 2 amide bonds. The van der Waals surface area contributed by atoms with Crippen molar-refractivity contribution in [2.24, 2.45) is 5.73 Å². The van der Waals surface area contributed by atoms with E-state index in [-0.39, 0.29) is 30.1 Å². The van der Waals surface area contributed by atoms with Crippen molar-refractivity contribution in [3.8, 4) is 0 Å². The van der Waals surface area contributed by atoms with Gasteiger partial charge in [0.05, 0.1) is 23.2 Å². The van der Waals surface area contributed by atoms with Gasteiger partial charge in [-0.25, -0.2) is 0 Å². The number of nitrogens with two attached hydrogens (primary N) is 1. The highest BCUT2D eigenvalue weighted by Gasteiger charge is 2.25. The Bertz CT molecular complexity index is 676. The number of piperazine rings is 1. The number of nitro groups is 1. The third-order valence-corrected chi connectivity index (χ3v) is 4.83. The number of non-ortho nitro benzene ring substituents is 1. The summed E-state index contributed by atoms with van der Waals surface area (Å²) in [5.41, 5.74) is 5.74. The van der Waals surface area contributed by atoms with Gasteiger partial charge in [-0.3, -0.25) is 29.5 Å². The summed E-state index contributed by atoms with van der Waals surface area (Å²) in [5, 5.41) is 13.5. The monoisotopic (exact) mass is 413 g/mol. The molecule has 2 rings (SSSR count). The Morgan fingerprint density at radius 2 is 2.00 bits per heavy atom. The standard InChI is InChI=1S/C15H20BrN5O4/c1-10(15(17)23)20-6-4-19(5-7-20)9-14(22)18-13-3-2-11(21(24)25)8-12(13)16/h2-3,8,10H,4-7,9H2,1H3,(H2,17,23)(H,18,22). The van der Waals surface area contributed by atoms with Crippen molar-refractivity contribution in [3.63, 3.8) is 0 Å². The van der Waals surface area contributed by atoms with E-state index < -0.39 is 4.92 Å². The minimum atomic E-state index is -0.497. The number of amides is 2. The van der Waals surface area contributed by atoms with E-state index in [9.17, 15) is 19.7 Å². The molecule has 0 radical (unpaired) electrons. The van der Waals surface area contributed by atoms with Crippen LogP contribution in [0.3, 0.4) is 0 Å². The largest absolute Gasteiger partial charge is 0.368 e. The zero-order chi connectivity index (χ0) is 18.6. The lowest BCUT2D eigenvalue weighted by atomic mass is 10.2. The SMILES string of the molecule is CC(C(N)=O)N1CCN(CC(=O)Nc2ccc([N+](=O)[O-])cc2Br)CC1. The highest BCUT2D eigenvalue weighted by Crippen LogP contribution is 2.27. The summed E-state index contributed by atoms with van der Waals surface area (Å²) in [6.07, 6.45) is 0. The first-order chi connectivity index (χ1) is 11.8. The lowest BCUT2D eigenvalue weighted by molar-refractivity contribution is -0.384. The van der Waals surface area contributed by atoms with Gasteiger partial charge in [0.25, 0.3) is 5.69 Å². The van der Waals surface area contributed by atoms with Gasteiger partial charge in [-0.15, -0.1) is 0 Å². The van der Waals surface area contributed by atoms with Crippen LogP contribution >= 0.6 is 15.9 Å². The molecule has 0 bridgehead atoms. The van der Waals surface area contributed by atoms with Crippen LogP contribution in [0.1, 0.15) is 6.92 Å². The number of primary amides is 1. The molecule has 1 fully saturated rings. The highest BCUT2D eigenvalue weighted by atomic mass is 79.9. The van der Waals surface area contributed by atoms with Crippen LogP contribution in [0, 0.1) is 10.1 Å². The Morgan fingerprint density at radius 1 is 1.36 bits per heavy atom. The lowest BCUT2D eigenvalue weighted by Crippen LogP contribution is -2.54. The maximum absolute atomic E-state index is 12.2. The van der Waals surface area contributed by atoms with Crippen molar-refractivity contribution in [2.45, 2.75) is 13.0 Å². The Morgan fingerprint density at radius 3 is 2.52 bits per heavy atom. The molecule has 1 aromatic carbocycles. The minimum Gasteiger partial charge on any atom is -0.368 e. The van der Waals surface area contributed by atoms with Crippen molar-refractivity contribution in [2.75, 3.05) is 38.0 Å². The second-order valence-electron chi connectivity index (χ2n) is 5.86. The van der Waals surface area contributed by atoms with Gasteiger partial charge in [0.1, 0.15) is 0 Å². The van der Waals surface area contributed by atoms with Gasteiger partial charge in [0.2, 0.25) is 11.8 Å². The average Bonchev–Trinajstić information content (AvgIpc) is 2.56. The first-order valence-electron chi connectivity index (χ1n) is 7.77. The number of carbonyl (C=O) groups excluding carboxylic acids is 2. The Hall–Kier alpha value is -2.04. The van der Waals surface area contributed by atoms with Crippen LogP contribution in [0.15, 0.2) is 22.7 Å². The average molecular weight is 414 g/mol. The van der Waals surface area contributed by atoms with Crippen LogP contribution in [0.5, 0.6) is 0 Å². The smallest absolute Gasteiger partial charge is 0.270 e. The molecule has 0 aliphatic carbocycles. The van der Waals surface area contributed by atoms with Crippen molar-refractivity contribution < 1.29 is 14.5 Å². The van der Waals surface area contributed by atoms with Gasteiger partial charge in [-0.05, 0) is 28.9 Å². The van der Waals surface area contributed by atoms with Crippen molar-refractivity contribution in [3.05, 3.63) is 32.8 Å². The number of benzene rings is 1. The number of carbonyl (C=O) groups is 2. The first-order valence-corrected chi connectivity index (χ1v) is 8.56. The second kappa shape index (κ2) is 8.37. The van der Waals surface area contributed by atoms with Crippen LogP contribution in [0.2, 0.25) is 0 Å². The van der Waals surface area contributed by atoms with Gasteiger partial charge in [0.15, 0.2) is 0 Å². The zero-order valence-corrected chi connectivity index (χ0v) is 15.4. The number of hydrogen-bond donors (Lipinski definition) is 2. The fourth-order valence-electron chi connectivity index (χ4n) is 2.60. The molecule has 0 spiro atoms. The molecule has 1 atom stereocenters. The Labute approximate surface area is 153 Å². The predicted octanol–water partition coefficient (Wildman–Crippen LogP) is 0.787. The van der Waals surface area contributed by atoms with Crippen LogP contribution in [-0.2, 0) is 9.59 Å². The Kier molecular flexibility index (Phi) is 6.45. The summed E-state index contributed by atoms with van der Waals surface area (Å²) in [7, 11) is 0. The highest BCUT2D eigenvalue weighted by molar-refractivity contribution is 9.10. The van der Waals surface area contributed by atoms with Crippen molar-refractivity contribution >= 4 is 39.1 Å². The summed E-state index contributed by atoms with van der Waals surface area (Å²) >= 11 is 3.22. The summed E-state index contributed by atoms with van der Waals surface area (Å²) in [6.45, 7) is 4.63. The molecular formula is C15H20BrN5O4. The number of nitro benzene ring substituents is 1. The van der Waals surface area contributed by atoms with Crippen LogP contribution < -0.4 is 11.1 Å². The van der Waals surface area contributed by atoms with Crippen LogP contribution in [-0.4, -0.2) is 65.3 Å². The molecule has 10 heteroatoms. The molecule has 1 aliphatic rings. The molecule has 1 aromatic rings. The molecular weight excluding hydrogens is 394 g/mol. The number of anilines is 1. The summed E-state index contributed by atoms with van der Waals surface area (Å²) in [6, 6.07) is 3.86. The number of halogens is 1. The number of rotatable bonds is 6. The predicted molar refractivity (Wildman–Crippen MR) is 96.1 cm³/mol. The summed E-state index contributed by atoms with van der Waals surface area (Å²) in [5.74, 6) is -0.555. The van der Waals surface area contributed by atoms with Gasteiger partial charge >= 0.3 is 0 Å². The fourth-order valence-corrected chi connectivity index (χ4v) is 3.07. The quantitative estimate of drug-likeness (QED) is 0.524. The zero-order valence-electron chi connectivity index (χ0n) is 13.8. The maximum atomic E-state index is 12.2. The van der Waals surface area contributed by atoms with Crippen molar-refractivity contribution in [1.29, 1.82) is 0 Å². The Balaban J connectivity index is 1.85. The number of nitrogens with one attached hydrogen (secondary N) is 1. The molecule has 3 N–H and O–H groups in total. The van der Waals surface area contributed by atoms with E-state index in [4.69, 9.17) is 5.73 Å². The minimum absolute atomic E-state index is 0.0513. The van der Waals surface area contributed by atoms with E-state index in [2.05, 4.69) is 21.2 Å². The summed E-state index contributed by atoms with van der Waals surface area (Å²) in [4.78, 5) is 37.6. The molecule has 1 heterocycles.